The van der Waals surface area contributed by atoms with Gasteiger partial charge in [-0.15, -0.1) is 0 Å². The molecule has 2 heterocycles. The average molecular weight is 569 g/mol. The van der Waals surface area contributed by atoms with Crippen molar-refractivity contribution in [3.05, 3.63) is 24.0 Å². The molecule has 3 saturated carbocycles. The van der Waals surface area contributed by atoms with Gasteiger partial charge in [-0.2, -0.15) is 26.3 Å². The van der Waals surface area contributed by atoms with E-state index in [0.717, 1.165) is 18.3 Å². The van der Waals surface area contributed by atoms with Crippen molar-refractivity contribution in [1.29, 1.82) is 0 Å². The molecule has 1 aromatic heterocycles. The molecule has 0 spiro atoms. The van der Waals surface area contributed by atoms with Crippen LogP contribution in [0.15, 0.2) is 18.3 Å². The lowest BCUT2D eigenvalue weighted by atomic mass is 9.60. The van der Waals surface area contributed by atoms with E-state index < -0.39 is 65.8 Å². The number of fused-ring (bicyclic) bond motifs is 3. The summed E-state index contributed by atoms with van der Waals surface area (Å²) in [4.78, 5) is 28.3. The van der Waals surface area contributed by atoms with Crippen LogP contribution in [0.5, 0.6) is 5.75 Å². The fraction of sp³-hybridized carbons (Fsp3) is 0.708. The normalized spacial score (nSPS) is 31.0. The molecule has 4 fully saturated rings. The quantitative estimate of drug-likeness (QED) is 0.355. The molecule has 15 heteroatoms. The molecule has 3 aliphatic carbocycles. The summed E-state index contributed by atoms with van der Waals surface area (Å²) < 4.78 is 86.9. The Morgan fingerprint density at radius 2 is 1.72 bits per heavy atom. The van der Waals surface area contributed by atoms with Crippen LogP contribution in [0.4, 0.5) is 26.3 Å². The Hall–Kier alpha value is -2.65. The highest BCUT2D eigenvalue weighted by Gasteiger charge is 2.55. The molecular formula is C24H30F6N4O5. The molecule has 2 bridgehead atoms. The highest BCUT2D eigenvalue weighted by atomic mass is 19.4. The average Bonchev–Trinajstić information content (AvgIpc) is 2.87. The lowest BCUT2D eigenvalue weighted by Gasteiger charge is -2.56. The molecule has 0 radical (unpaired) electrons. The Morgan fingerprint density at radius 1 is 1.03 bits per heavy atom. The maximum absolute atomic E-state index is 12.8. The minimum atomic E-state index is -4.59. The van der Waals surface area contributed by atoms with Crippen molar-refractivity contribution >= 4 is 11.8 Å². The maximum atomic E-state index is 12.8. The van der Waals surface area contributed by atoms with Crippen molar-refractivity contribution in [3.63, 3.8) is 0 Å². The van der Waals surface area contributed by atoms with Gasteiger partial charge in [0, 0.05) is 12.1 Å². The zero-order chi connectivity index (χ0) is 28.5. The highest BCUT2D eigenvalue weighted by molar-refractivity contribution is 5.79. The van der Waals surface area contributed by atoms with Gasteiger partial charge >= 0.3 is 12.4 Å². The van der Waals surface area contributed by atoms with Gasteiger partial charge in [-0.3, -0.25) is 9.59 Å². The molecule has 5 rings (SSSR count). The number of aliphatic hydroxyl groups is 1. The third-order valence-corrected chi connectivity index (χ3v) is 7.73. The second-order valence-electron chi connectivity index (χ2n) is 10.4. The van der Waals surface area contributed by atoms with Crippen molar-refractivity contribution < 1.29 is 50.5 Å². The molecule has 1 aliphatic heterocycles. The van der Waals surface area contributed by atoms with Crippen LogP contribution in [-0.2, 0) is 20.5 Å². The van der Waals surface area contributed by atoms with Crippen LogP contribution in [0.1, 0.15) is 50.6 Å². The number of alkyl halides is 6. The SMILES string of the molecule is O=C(COC1CCC(C(F)(F)F)NC1)NC12CCC(NC(=O)COc3ccc(C(F)(F)F)nc3)(CC1)[C@@H](O)C2. The fourth-order valence-corrected chi connectivity index (χ4v) is 5.54. The van der Waals surface area contributed by atoms with Gasteiger partial charge in [0.2, 0.25) is 5.91 Å². The molecule has 0 aromatic carbocycles. The number of hydrogen-bond donors (Lipinski definition) is 4. The number of nitrogens with one attached hydrogen (secondary N) is 3. The van der Waals surface area contributed by atoms with E-state index in [1.54, 1.807) is 0 Å². The van der Waals surface area contributed by atoms with Gasteiger partial charge in [-0.05, 0) is 57.1 Å². The minimum absolute atomic E-state index is 0.0113. The van der Waals surface area contributed by atoms with E-state index in [0.29, 0.717) is 25.7 Å². The number of ether oxygens (including phenoxy) is 2. The fourth-order valence-electron chi connectivity index (χ4n) is 5.54. The first kappa shape index (κ1) is 29.3. The van der Waals surface area contributed by atoms with Gasteiger partial charge in [0.1, 0.15) is 24.1 Å². The van der Waals surface area contributed by atoms with Gasteiger partial charge in [0.15, 0.2) is 6.61 Å². The molecule has 4 aliphatic rings. The molecule has 39 heavy (non-hydrogen) atoms. The van der Waals surface area contributed by atoms with E-state index in [-0.39, 0.29) is 38.2 Å². The molecule has 2 unspecified atom stereocenters. The molecular weight excluding hydrogens is 538 g/mol. The third kappa shape index (κ3) is 7.11. The number of carbonyl (C=O) groups excluding carboxylic acids is 2. The Bertz CT molecular complexity index is 1020. The zero-order valence-electron chi connectivity index (χ0n) is 20.8. The smallest absolute Gasteiger partial charge is 0.433 e. The molecule has 3 atom stereocenters. The maximum Gasteiger partial charge on any atom is 0.433 e. The number of nitrogens with zero attached hydrogens (tertiary/aromatic N) is 1. The third-order valence-electron chi connectivity index (χ3n) is 7.73. The van der Waals surface area contributed by atoms with Crippen LogP contribution in [0.25, 0.3) is 0 Å². The number of rotatable bonds is 8. The molecule has 1 saturated heterocycles. The van der Waals surface area contributed by atoms with Crippen LogP contribution >= 0.6 is 0 Å². The van der Waals surface area contributed by atoms with Crippen molar-refractivity contribution in [1.82, 2.24) is 20.9 Å². The van der Waals surface area contributed by atoms with E-state index in [9.17, 15) is 41.0 Å². The Balaban J connectivity index is 1.21. The number of piperidine rings is 1. The molecule has 1 aromatic rings. The van der Waals surface area contributed by atoms with Crippen molar-refractivity contribution in [2.75, 3.05) is 19.8 Å². The summed E-state index contributed by atoms with van der Waals surface area (Å²) in [7, 11) is 0. The summed E-state index contributed by atoms with van der Waals surface area (Å²) in [6.45, 7) is -0.817. The van der Waals surface area contributed by atoms with E-state index in [1.807, 2.05) is 0 Å². The number of hydrogen-bond acceptors (Lipinski definition) is 7. The number of amides is 2. The van der Waals surface area contributed by atoms with Gasteiger partial charge in [0.05, 0.1) is 23.9 Å². The van der Waals surface area contributed by atoms with Crippen LogP contribution < -0.4 is 20.7 Å². The van der Waals surface area contributed by atoms with E-state index in [4.69, 9.17) is 9.47 Å². The summed E-state index contributed by atoms with van der Waals surface area (Å²) in [6.07, 6.45) is -7.63. The second kappa shape index (κ2) is 11.1. The minimum Gasteiger partial charge on any atom is -0.482 e. The number of aromatic nitrogens is 1. The van der Waals surface area contributed by atoms with Crippen molar-refractivity contribution in [2.45, 2.75) is 86.6 Å². The Labute approximate surface area is 220 Å². The van der Waals surface area contributed by atoms with Gasteiger partial charge < -0.3 is 30.5 Å². The predicted molar refractivity (Wildman–Crippen MR) is 122 cm³/mol. The van der Waals surface area contributed by atoms with E-state index >= 15 is 0 Å². The number of halogens is 6. The lowest BCUT2D eigenvalue weighted by Crippen LogP contribution is -2.70. The van der Waals surface area contributed by atoms with Crippen LogP contribution in [0.3, 0.4) is 0 Å². The summed E-state index contributed by atoms with van der Waals surface area (Å²) in [5.41, 5.74) is -2.70. The standard InChI is InChI=1S/C24H30F6N4O5/c25-23(26,27)16-3-1-14(10-31-16)38-12-19(36)33-21-5-7-22(8-6-21,18(35)9-21)34-20(37)13-39-15-2-4-17(32-11-15)24(28,29)30/h2,4,11,14,16,18,31,35H,1,3,5-10,12-13H2,(H,33,36)(H,34,37)/t14?,16?,18-,21?,22?/m0/s1. The highest BCUT2D eigenvalue weighted by Crippen LogP contribution is 2.47. The van der Waals surface area contributed by atoms with Crippen molar-refractivity contribution in [3.8, 4) is 5.75 Å². The summed E-state index contributed by atoms with van der Waals surface area (Å²) in [6, 6.07) is 0.221. The monoisotopic (exact) mass is 568 g/mol. The molecule has 2 amide bonds. The first-order valence-corrected chi connectivity index (χ1v) is 12.6. The number of pyridine rings is 1. The van der Waals surface area contributed by atoms with Gasteiger partial charge in [-0.25, -0.2) is 4.98 Å². The Kier molecular flexibility index (Phi) is 8.34. The zero-order valence-corrected chi connectivity index (χ0v) is 20.8. The topological polar surface area (TPSA) is 122 Å². The van der Waals surface area contributed by atoms with E-state index in [1.165, 1.54) is 0 Å². The summed E-state index contributed by atoms with van der Waals surface area (Å²) >= 11 is 0. The number of aliphatic hydroxyl groups excluding tert-OH is 1. The number of carbonyl (C=O) groups is 2. The Morgan fingerprint density at radius 3 is 2.26 bits per heavy atom. The molecule has 9 nitrogen and oxygen atoms in total. The largest absolute Gasteiger partial charge is 0.482 e. The predicted octanol–water partition coefficient (Wildman–Crippen LogP) is 2.23. The van der Waals surface area contributed by atoms with Crippen molar-refractivity contribution in [2.24, 2.45) is 0 Å². The van der Waals surface area contributed by atoms with Crippen LogP contribution in [-0.4, -0.2) is 77.2 Å². The van der Waals surface area contributed by atoms with Gasteiger partial charge in [-0.1, -0.05) is 0 Å². The summed E-state index contributed by atoms with van der Waals surface area (Å²) in [5, 5.41) is 18.9. The van der Waals surface area contributed by atoms with Crippen LogP contribution in [0.2, 0.25) is 0 Å². The molecule has 218 valence electrons. The van der Waals surface area contributed by atoms with E-state index in [2.05, 4.69) is 20.9 Å². The first-order valence-electron chi connectivity index (χ1n) is 12.6. The lowest BCUT2D eigenvalue weighted by molar-refractivity contribution is -0.166. The first-order chi connectivity index (χ1) is 18.2. The second-order valence-corrected chi connectivity index (χ2v) is 10.4. The van der Waals surface area contributed by atoms with Crippen LogP contribution in [0, 0.1) is 0 Å². The molecule has 4 N–H and O–H groups in total. The van der Waals surface area contributed by atoms with Gasteiger partial charge in [0.25, 0.3) is 5.91 Å². The summed E-state index contributed by atoms with van der Waals surface area (Å²) in [5.74, 6) is -1.01.